The molecule has 1 atom stereocenters. The summed E-state index contributed by atoms with van der Waals surface area (Å²) in [4.78, 5) is 37.4. The zero-order chi connectivity index (χ0) is 37.3. The fourth-order valence-corrected chi connectivity index (χ4v) is 4.68. The summed E-state index contributed by atoms with van der Waals surface area (Å²) in [7, 11) is 0. The van der Waals surface area contributed by atoms with Gasteiger partial charge >= 0.3 is 17.9 Å². The molecule has 0 N–H and O–H groups in total. The van der Waals surface area contributed by atoms with Gasteiger partial charge in [0.1, 0.15) is 13.2 Å². The van der Waals surface area contributed by atoms with E-state index >= 15 is 0 Å². The standard InChI is InChI=1S/C45H70O6/c1-4-7-10-13-16-19-21-23-26-29-32-35-38-44(47)50-41-42(40-49-43(46)37-34-31-28-25-18-15-12-9-6-3)51-45(48)39-36-33-30-27-24-22-20-17-14-11-8-5-2/h7-12,16-20,23-27,42H,4-6,13-15,21-22,28-41H2,1-3H3/b10-7-,11-8-,12-9-,19-16-,20-17-,25-18-,26-23-,27-24-. The highest BCUT2D eigenvalue weighted by Crippen LogP contribution is 2.09. The van der Waals surface area contributed by atoms with Gasteiger partial charge in [0.05, 0.1) is 0 Å². The van der Waals surface area contributed by atoms with Crippen molar-refractivity contribution in [2.75, 3.05) is 13.2 Å². The lowest BCUT2D eigenvalue weighted by Gasteiger charge is -2.18. The maximum atomic E-state index is 12.6. The first-order chi connectivity index (χ1) is 25.0. The molecule has 0 aromatic heterocycles. The monoisotopic (exact) mass is 707 g/mol. The first-order valence-corrected chi connectivity index (χ1v) is 19.7. The molecule has 1 unspecified atom stereocenters. The maximum Gasteiger partial charge on any atom is 0.306 e. The highest BCUT2D eigenvalue weighted by molar-refractivity contribution is 5.71. The Morgan fingerprint density at radius 2 is 0.686 bits per heavy atom. The molecule has 6 heteroatoms. The van der Waals surface area contributed by atoms with Gasteiger partial charge in [-0.25, -0.2) is 0 Å². The Bertz CT molecular complexity index is 1090. The predicted octanol–water partition coefficient (Wildman–Crippen LogP) is 12.3. The minimum atomic E-state index is -0.822. The Balaban J connectivity index is 4.57. The summed E-state index contributed by atoms with van der Waals surface area (Å²) < 4.78 is 16.5. The van der Waals surface area contributed by atoms with Crippen LogP contribution in [0.4, 0.5) is 0 Å². The first-order valence-electron chi connectivity index (χ1n) is 19.7. The number of ether oxygens (including phenoxy) is 3. The van der Waals surface area contributed by atoms with E-state index in [1.54, 1.807) is 0 Å². The Morgan fingerprint density at radius 1 is 0.392 bits per heavy atom. The summed E-state index contributed by atoms with van der Waals surface area (Å²) in [5, 5.41) is 0. The van der Waals surface area contributed by atoms with Gasteiger partial charge in [-0.2, -0.15) is 0 Å². The molecular weight excluding hydrogens is 636 g/mol. The van der Waals surface area contributed by atoms with Crippen LogP contribution in [0, 0.1) is 0 Å². The van der Waals surface area contributed by atoms with Gasteiger partial charge in [-0.15, -0.1) is 0 Å². The molecule has 0 rings (SSSR count). The van der Waals surface area contributed by atoms with Crippen molar-refractivity contribution < 1.29 is 28.6 Å². The minimum Gasteiger partial charge on any atom is -0.462 e. The van der Waals surface area contributed by atoms with Crippen LogP contribution in [0.25, 0.3) is 0 Å². The first kappa shape index (κ1) is 47.3. The summed E-state index contributed by atoms with van der Waals surface area (Å²) in [6.45, 7) is 6.12. The molecule has 0 fully saturated rings. The Morgan fingerprint density at radius 3 is 1.02 bits per heavy atom. The van der Waals surface area contributed by atoms with E-state index in [-0.39, 0.29) is 37.5 Å². The van der Waals surface area contributed by atoms with Crippen LogP contribution in [0.2, 0.25) is 0 Å². The van der Waals surface area contributed by atoms with Crippen molar-refractivity contribution in [3.8, 4) is 0 Å². The number of esters is 3. The Hall–Kier alpha value is -3.67. The van der Waals surface area contributed by atoms with Crippen molar-refractivity contribution in [2.24, 2.45) is 0 Å². The summed E-state index contributed by atoms with van der Waals surface area (Å²) in [6, 6.07) is 0. The fourth-order valence-electron chi connectivity index (χ4n) is 4.68. The van der Waals surface area contributed by atoms with Crippen LogP contribution in [0.15, 0.2) is 97.2 Å². The minimum absolute atomic E-state index is 0.125. The summed E-state index contributed by atoms with van der Waals surface area (Å²) >= 11 is 0. The van der Waals surface area contributed by atoms with E-state index in [1.165, 1.54) is 0 Å². The van der Waals surface area contributed by atoms with Crippen molar-refractivity contribution in [3.63, 3.8) is 0 Å². The molecule has 0 aliphatic carbocycles. The van der Waals surface area contributed by atoms with Gasteiger partial charge in [0.15, 0.2) is 6.10 Å². The Labute approximate surface area is 311 Å². The van der Waals surface area contributed by atoms with Crippen LogP contribution in [-0.4, -0.2) is 37.2 Å². The number of allylic oxidation sites excluding steroid dienone is 16. The molecule has 0 saturated heterocycles. The van der Waals surface area contributed by atoms with Crippen LogP contribution in [0.5, 0.6) is 0 Å². The van der Waals surface area contributed by atoms with Crippen molar-refractivity contribution in [3.05, 3.63) is 97.2 Å². The second-order valence-corrected chi connectivity index (χ2v) is 12.4. The predicted molar refractivity (Wildman–Crippen MR) is 214 cm³/mol. The third kappa shape index (κ3) is 37.4. The third-order valence-corrected chi connectivity index (χ3v) is 7.56. The molecule has 0 spiro atoms. The Kier molecular flexibility index (Phi) is 36.3. The summed E-state index contributed by atoms with van der Waals surface area (Å²) in [5.74, 6) is -1.06. The van der Waals surface area contributed by atoms with E-state index in [1.807, 2.05) is 0 Å². The van der Waals surface area contributed by atoms with Crippen LogP contribution in [-0.2, 0) is 28.6 Å². The lowest BCUT2D eigenvalue weighted by Crippen LogP contribution is -2.30. The molecule has 0 heterocycles. The van der Waals surface area contributed by atoms with Crippen molar-refractivity contribution in [2.45, 2.75) is 155 Å². The normalized spacial score (nSPS) is 13.1. The average Bonchev–Trinajstić information content (AvgIpc) is 3.12. The molecule has 0 bridgehead atoms. The second kappa shape index (κ2) is 39.1. The quantitative estimate of drug-likeness (QED) is 0.0292. The lowest BCUT2D eigenvalue weighted by atomic mass is 10.1. The van der Waals surface area contributed by atoms with E-state index in [0.29, 0.717) is 25.7 Å². The van der Waals surface area contributed by atoms with Gasteiger partial charge in [-0.05, 0) is 109 Å². The van der Waals surface area contributed by atoms with Crippen LogP contribution >= 0.6 is 0 Å². The number of unbranched alkanes of at least 4 members (excludes halogenated alkanes) is 6. The SMILES string of the molecule is CC/C=C\C/C=C\C/C=C\CCCCC(=O)OCC(COC(=O)CCCC/C=C\C/C=C\CC)OC(=O)CCCC/C=C\C/C=C\C/C=C\CC. The van der Waals surface area contributed by atoms with Crippen molar-refractivity contribution >= 4 is 17.9 Å². The number of rotatable bonds is 33. The van der Waals surface area contributed by atoms with Gasteiger partial charge in [0.25, 0.3) is 0 Å². The molecule has 0 aromatic carbocycles. The third-order valence-electron chi connectivity index (χ3n) is 7.56. The van der Waals surface area contributed by atoms with E-state index in [9.17, 15) is 14.4 Å². The van der Waals surface area contributed by atoms with Gasteiger partial charge in [0.2, 0.25) is 0 Å². The lowest BCUT2D eigenvalue weighted by molar-refractivity contribution is -0.167. The van der Waals surface area contributed by atoms with Gasteiger partial charge in [0, 0.05) is 19.3 Å². The largest absolute Gasteiger partial charge is 0.462 e. The van der Waals surface area contributed by atoms with E-state index in [0.717, 1.165) is 96.3 Å². The zero-order valence-electron chi connectivity index (χ0n) is 32.3. The zero-order valence-corrected chi connectivity index (χ0v) is 32.3. The van der Waals surface area contributed by atoms with E-state index < -0.39 is 6.10 Å². The van der Waals surface area contributed by atoms with Gasteiger partial charge in [-0.3, -0.25) is 14.4 Å². The van der Waals surface area contributed by atoms with Crippen LogP contribution < -0.4 is 0 Å². The second-order valence-electron chi connectivity index (χ2n) is 12.4. The van der Waals surface area contributed by atoms with E-state index in [2.05, 4.69) is 118 Å². The number of hydrogen-bond acceptors (Lipinski definition) is 6. The number of hydrogen-bond donors (Lipinski definition) is 0. The van der Waals surface area contributed by atoms with Crippen molar-refractivity contribution in [1.29, 1.82) is 0 Å². The fraction of sp³-hybridized carbons (Fsp3) is 0.578. The molecule has 0 saturated carbocycles. The number of carbonyl (C=O) groups is 3. The van der Waals surface area contributed by atoms with Crippen molar-refractivity contribution in [1.82, 2.24) is 0 Å². The highest BCUT2D eigenvalue weighted by Gasteiger charge is 2.19. The molecular formula is C45H70O6. The summed E-state index contributed by atoms with van der Waals surface area (Å²) in [6.07, 6.45) is 49.8. The summed E-state index contributed by atoms with van der Waals surface area (Å²) in [5.41, 5.74) is 0. The molecule has 0 aliphatic heterocycles. The maximum absolute atomic E-state index is 12.6. The molecule has 51 heavy (non-hydrogen) atoms. The molecule has 0 amide bonds. The van der Waals surface area contributed by atoms with Crippen LogP contribution in [0.1, 0.15) is 149 Å². The molecule has 0 aliphatic rings. The van der Waals surface area contributed by atoms with E-state index in [4.69, 9.17) is 14.2 Å². The smallest absolute Gasteiger partial charge is 0.306 e. The van der Waals surface area contributed by atoms with Gasteiger partial charge in [-0.1, -0.05) is 118 Å². The molecule has 286 valence electrons. The average molecular weight is 707 g/mol. The van der Waals surface area contributed by atoms with Gasteiger partial charge < -0.3 is 14.2 Å². The molecule has 6 nitrogen and oxygen atoms in total. The highest BCUT2D eigenvalue weighted by atomic mass is 16.6. The molecule has 0 aromatic rings. The van der Waals surface area contributed by atoms with Crippen LogP contribution in [0.3, 0.4) is 0 Å². The topological polar surface area (TPSA) is 78.9 Å². The molecule has 0 radical (unpaired) electrons. The number of carbonyl (C=O) groups excluding carboxylic acids is 3.